The third-order valence-electron chi connectivity index (χ3n) is 1.27. The molecule has 0 aromatic carbocycles. The molecule has 0 amide bonds. The van der Waals surface area contributed by atoms with E-state index < -0.39 is 0 Å². The van der Waals surface area contributed by atoms with Crippen LogP contribution in [0.1, 0.15) is 13.3 Å². The summed E-state index contributed by atoms with van der Waals surface area (Å²) in [5.41, 5.74) is 5.54. The third kappa shape index (κ3) is 4.75. The van der Waals surface area contributed by atoms with Crippen LogP contribution in [0.4, 0.5) is 0 Å². The summed E-state index contributed by atoms with van der Waals surface area (Å²) in [5, 5.41) is 8.91. The highest BCUT2D eigenvalue weighted by molar-refractivity contribution is 7.98. The Morgan fingerprint density at radius 1 is 1.67 bits per heavy atom. The summed E-state index contributed by atoms with van der Waals surface area (Å²) in [7, 11) is 0. The molecule has 0 rings (SSSR count). The summed E-state index contributed by atoms with van der Waals surface area (Å²) in [5.74, 6) is 1.03. The Balaban J connectivity index is 3.16. The lowest BCUT2D eigenvalue weighted by molar-refractivity contribution is 0.162. The van der Waals surface area contributed by atoms with Crippen molar-refractivity contribution in [3.63, 3.8) is 0 Å². The first-order valence-electron chi connectivity index (χ1n) is 3.11. The fraction of sp³-hybridized carbons (Fsp3) is 1.00. The van der Waals surface area contributed by atoms with Gasteiger partial charge in [-0.3, -0.25) is 0 Å². The lowest BCUT2D eigenvalue weighted by Crippen LogP contribution is -2.32. The van der Waals surface area contributed by atoms with E-state index in [0.29, 0.717) is 0 Å². The molecule has 0 aromatic heterocycles. The quantitative estimate of drug-likeness (QED) is 0.610. The van der Waals surface area contributed by atoms with Crippen LogP contribution in [0.5, 0.6) is 0 Å². The van der Waals surface area contributed by atoms with E-state index in [1.165, 1.54) is 0 Å². The van der Waals surface area contributed by atoms with Crippen LogP contribution in [0, 0.1) is 0 Å². The van der Waals surface area contributed by atoms with Gasteiger partial charge < -0.3 is 10.8 Å². The van der Waals surface area contributed by atoms with Crippen LogP contribution in [0.25, 0.3) is 0 Å². The summed E-state index contributed by atoms with van der Waals surface area (Å²) in [6.45, 7) is 1.73. The standard InChI is InChI=1S/C6H15NOS/c1-5(8)6(7)3-4-9-2/h5-6,8H,3-4,7H2,1-2H3/t5?,6-/m0/s1. The summed E-state index contributed by atoms with van der Waals surface area (Å²) in [6.07, 6.45) is 2.57. The van der Waals surface area contributed by atoms with Gasteiger partial charge in [-0.2, -0.15) is 11.8 Å². The molecule has 0 aliphatic rings. The highest BCUT2D eigenvalue weighted by Gasteiger charge is 2.06. The number of aliphatic hydroxyl groups excluding tert-OH is 1. The van der Waals surface area contributed by atoms with Crippen LogP contribution >= 0.6 is 11.8 Å². The highest BCUT2D eigenvalue weighted by atomic mass is 32.2. The van der Waals surface area contributed by atoms with Crippen LogP contribution in [-0.2, 0) is 0 Å². The van der Waals surface area contributed by atoms with Gasteiger partial charge in [-0.25, -0.2) is 0 Å². The zero-order chi connectivity index (χ0) is 7.28. The molecule has 0 saturated heterocycles. The molecule has 0 heterocycles. The van der Waals surface area contributed by atoms with Gasteiger partial charge in [0.1, 0.15) is 0 Å². The van der Waals surface area contributed by atoms with Crippen molar-refractivity contribution in [3.05, 3.63) is 0 Å². The number of rotatable bonds is 4. The summed E-state index contributed by atoms with van der Waals surface area (Å²) < 4.78 is 0. The first-order chi connectivity index (χ1) is 4.18. The van der Waals surface area contributed by atoms with Crippen molar-refractivity contribution in [2.75, 3.05) is 12.0 Å². The van der Waals surface area contributed by atoms with Crippen molar-refractivity contribution in [2.24, 2.45) is 5.73 Å². The predicted molar refractivity (Wildman–Crippen MR) is 42.7 cm³/mol. The molecule has 2 atom stereocenters. The molecule has 0 bridgehead atoms. The Morgan fingerprint density at radius 3 is 2.56 bits per heavy atom. The van der Waals surface area contributed by atoms with Gasteiger partial charge in [0.25, 0.3) is 0 Å². The van der Waals surface area contributed by atoms with Crippen LogP contribution in [0.2, 0.25) is 0 Å². The molecule has 3 heteroatoms. The summed E-state index contributed by atoms with van der Waals surface area (Å²) in [4.78, 5) is 0. The van der Waals surface area contributed by atoms with Crippen molar-refractivity contribution in [1.29, 1.82) is 0 Å². The van der Waals surface area contributed by atoms with E-state index >= 15 is 0 Å². The van der Waals surface area contributed by atoms with Gasteiger partial charge in [-0.15, -0.1) is 0 Å². The largest absolute Gasteiger partial charge is 0.392 e. The van der Waals surface area contributed by atoms with Crippen molar-refractivity contribution in [1.82, 2.24) is 0 Å². The van der Waals surface area contributed by atoms with Gasteiger partial charge >= 0.3 is 0 Å². The summed E-state index contributed by atoms with van der Waals surface area (Å²) >= 11 is 1.76. The molecule has 56 valence electrons. The number of thioether (sulfide) groups is 1. The van der Waals surface area contributed by atoms with Crippen molar-refractivity contribution in [3.8, 4) is 0 Å². The van der Waals surface area contributed by atoms with Gasteiger partial charge in [-0.05, 0) is 25.4 Å². The molecular formula is C6H15NOS. The maximum Gasteiger partial charge on any atom is 0.0663 e. The maximum atomic E-state index is 8.91. The highest BCUT2D eigenvalue weighted by Crippen LogP contribution is 2.01. The lowest BCUT2D eigenvalue weighted by atomic mass is 10.1. The molecule has 2 nitrogen and oxygen atoms in total. The Hall–Kier alpha value is 0.270. The Kier molecular flexibility index (Phi) is 5.24. The van der Waals surface area contributed by atoms with Crippen LogP contribution < -0.4 is 5.73 Å². The molecule has 1 unspecified atom stereocenters. The normalized spacial score (nSPS) is 17.3. The summed E-state index contributed by atoms with van der Waals surface area (Å²) in [6, 6.07) is -0.0440. The third-order valence-corrected chi connectivity index (χ3v) is 1.92. The van der Waals surface area contributed by atoms with E-state index in [2.05, 4.69) is 0 Å². The second-order valence-corrected chi connectivity index (χ2v) is 3.17. The first-order valence-corrected chi connectivity index (χ1v) is 4.50. The van der Waals surface area contributed by atoms with Crippen molar-refractivity contribution >= 4 is 11.8 Å². The average molecular weight is 149 g/mol. The lowest BCUT2D eigenvalue weighted by Gasteiger charge is -2.12. The second kappa shape index (κ2) is 5.09. The van der Waals surface area contributed by atoms with E-state index in [1.807, 2.05) is 6.26 Å². The number of hydrogen-bond donors (Lipinski definition) is 2. The minimum Gasteiger partial charge on any atom is -0.392 e. The molecule has 0 radical (unpaired) electrons. The Labute approximate surface area is 60.8 Å². The second-order valence-electron chi connectivity index (χ2n) is 2.19. The van der Waals surface area contributed by atoms with E-state index in [9.17, 15) is 0 Å². The molecule has 9 heavy (non-hydrogen) atoms. The van der Waals surface area contributed by atoms with Crippen LogP contribution in [-0.4, -0.2) is 29.3 Å². The minimum atomic E-state index is -0.364. The van der Waals surface area contributed by atoms with E-state index in [-0.39, 0.29) is 12.1 Å². The average Bonchev–Trinajstić information content (AvgIpc) is 1.82. The van der Waals surface area contributed by atoms with Crippen LogP contribution in [0.15, 0.2) is 0 Å². The van der Waals surface area contributed by atoms with Gasteiger partial charge in [0, 0.05) is 6.04 Å². The number of aliphatic hydroxyl groups is 1. The molecule has 3 N–H and O–H groups in total. The molecule has 0 fully saturated rings. The fourth-order valence-corrected chi connectivity index (χ4v) is 1.00. The first kappa shape index (κ1) is 9.27. The molecule has 0 aliphatic carbocycles. The van der Waals surface area contributed by atoms with E-state index in [1.54, 1.807) is 18.7 Å². The Morgan fingerprint density at radius 2 is 2.22 bits per heavy atom. The van der Waals surface area contributed by atoms with Crippen molar-refractivity contribution < 1.29 is 5.11 Å². The van der Waals surface area contributed by atoms with E-state index in [4.69, 9.17) is 10.8 Å². The Bertz CT molecular complexity index is 68.1. The van der Waals surface area contributed by atoms with Gasteiger partial charge in [-0.1, -0.05) is 0 Å². The smallest absolute Gasteiger partial charge is 0.0663 e. The minimum absolute atomic E-state index is 0.0440. The molecule has 0 saturated carbocycles. The van der Waals surface area contributed by atoms with Crippen molar-refractivity contribution in [2.45, 2.75) is 25.5 Å². The van der Waals surface area contributed by atoms with Crippen LogP contribution in [0.3, 0.4) is 0 Å². The maximum absolute atomic E-state index is 8.91. The zero-order valence-electron chi connectivity index (χ0n) is 6.00. The molecular weight excluding hydrogens is 134 g/mol. The number of nitrogens with two attached hydrogens (primary N) is 1. The molecule has 0 aliphatic heterocycles. The molecule has 0 spiro atoms. The zero-order valence-corrected chi connectivity index (χ0v) is 6.82. The SMILES string of the molecule is CSCC[C@H](N)C(C)O. The monoisotopic (exact) mass is 149 g/mol. The topological polar surface area (TPSA) is 46.2 Å². The van der Waals surface area contributed by atoms with Gasteiger partial charge in [0.15, 0.2) is 0 Å². The van der Waals surface area contributed by atoms with E-state index in [0.717, 1.165) is 12.2 Å². The van der Waals surface area contributed by atoms with Gasteiger partial charge in [0.05, 0.1) is 6.10 Å². The fourth-order valence-electron chi connectivity index (χ4n) is 0.495. The number of hydrogen-bond acceptors (Lipinski definition) is 3. The predicted octanol–water partition coefficient (Wildman–Crippen LogP) is 0.448. The van der Waals surface area contributed by atoms with Gasteiger partial charge in [0.2, 0.25) is 0 Å². The molecule has 0 aromatic rings.